The lowest BCUT2D eigenvalue weighted by Gasteiger charge is -2.31. The molecule has 1 unspecified atom stereocenters. The van der Waals surface area contributed by atoms with E-state index in [1.165, 1.54) is 28.4 Å². The van der Waals surface area contributed by atoms with Crippen LogP contribution in [0.5, 0.6) is 0 Å². The highest BCUT2D eigenvalue weighted by Gasteiger charge is 2.27. The maximum atomic E-state index is 13.4. The number of hydrogen-bond donors (Lipinski definition) is 1. The van der Waals surface area contributed by atoms with Crippen LogP contribution in [-0.4, -0.2) is 30.2 Å². The Labute approximate surface area is 165 Å². The van der Waals surface area contributed by atoms with E-state index in [4.69, 9.17) is 0 Å². The Hall–Kier alpha value is -2.12. The molecule has 2 heterocycles. The molecule has 4 rings (SSSR count). The first kappa shape index (κ1) is 18.3. The fourth-order valence-electron chi connectivity index (χ4n) is 3.31. The van der Waals surface area contributed by atoms with E-state index in [-0.39, 0.29) is 17.6 Å². The van der Waals surface area contributed by atoms with Crippen LogP contribution < -0.4 is 10.2 Å². The van der Waals surface area contributed by atoms with E-state index in [0.717, 1.165) is 40.4 Å². The van der Waals surface area contributed by atoms with E-state index >= 15 is 0 Å². The van der Waals surface area contributed by atoms with Crippen molar-refractivity contribution < 1.29 is 9.18 Å². The number of carbonyl (C=O) groups is 1. The second kappa shape index (κ2) is 7.86. The average molecular weight is 402 g/mol. The number of anilines is 2. The first-order valence-corrected chi connectivity index (χ1v) is 10.9. The Morgan fingerprint density at radius 3 is 2.89 bits per heavy atom. The number of amides is 1. The molecule has 1 aliphatic heterocycles. The molecule has 4 nitrogen and oxygen atoms in total. The topological polar surface area (TPSA) is 45.2 Å². The Kier molecular flexibility index (Phi) is 5.31. The Balaban J connectivity index is 1.45. The standard InChI is InChI=1S/C20H20FN3OS2/c1-26-16-7-5-15(6-8-16)22-19(25)13-3-2-10-24(12-13)20-23-17-9-4-14(21)11-18(17)27-20/h4-9,11,13H,2-3,10,12H2,1H3,(H,22,25). The van der Waals surface area contributed by atoms with E-state index in [1.807, 2.05) is 30.5 Å². The van der Waals surface area contributed by atoms with E-state index < -0.39 is 0 Å². The van der Waals surface area contributed by atoms with Gasteiger partial charge in [-0.05, 0) is 61.6 Å². The highest BCUT2D eigenvalue weighted by molar-refractivity contribution is 7.98. The van der Waals surface area contributed by atoms with Crippen molar-refractivity contribution in [1.82, 2.24) is 4.98 Å². The van der Waals surface area contributed by atoms with Crippen LogP contribution in [0.4, 0.5) is 15.2 Å². The highest BCUT2D eigenvalue weighted by Crippen LogP contribution is 2.32. The summed E-state index contributed by atoms with van der Waals surface area (Å²) in [6, 6.07) is 12.5. The normalized spacial score (nSPS) is 17.3. The maximum absolute atomic E-state index is 13.4. The molecule has 140 valence electrons. The average Bonchev–Trinajstić information content (AvgIpc) is 3.12. The van der Waals surface area contributed by atoms with Crippen LogP contribution in [-0.2, 0) is 4.79 Å². The molecular weight excluding hydrogens is 381 g/mol. The number of piperidine rings is 1. The molecule has 0 radical (unpaired) electrons. The Bertz CT molecular complexity index is 958. The van der Waals surface area contributed by atoms with Crippen LogP contribution in [0, 0.1) is 11.7 Å². The minimum absolute atomic E-state index is 0.0451. The maximum Gasteiger partial charge on any atom is 0.229 e. The molecule has 0 aliphatic carbocycles. The van der Waals surface area contributed by atoms with E-state index in [9.17, 15) is 9.18 Å². The van der Waals surface area contributed by atoms with Crippen LogP contribution in [0.2, 0.25) is 0 Å². The largest absolute Gasteiger partial charge is 0.347 e. The highest BCUT2D eigenvalue weighted by atomic mass is 32.2. The summed E-state index contributed by atoms with van der Waals surface area (Å²) >= 11 is 3.16. The number of thiazole rings is 1. The lowest BCUT2D eigenvalue weighted by Crippen LogP contribution is -2.40. The van der Waals surface area contributed by atoms with Crippen molar-refractivity contribution in [2.24, 2.45) is 5.92 Å². The Morgan fingerprint density at radius 1 is 1.30 bits per heavy atom. The van der Waals surface area contributed by atoms with Gasteiger partial charge in [-0.3, -0.25) is 4.79 Å². The number of benzene rings is 2. The number of thioether (sulfide) groups is 1. The van der Waals surface area contributed by atoms with E-state index in [0.29, 0.717) is 6.54 Å². The fraction of sp³-hybridized carbons (Fsp3) is 0.300. The monoisotopic (exact) mass is 401 g/mol. The van der Waals surface area contributed by atoms with Crippen molar-refractivity contribution in [3.63, 3.8) is 0 Å². The minimum atomic E-state index is -0.249. The summed E-state index contributed by atoms with van der Waals surface area (Å²) in [6.45, 7) is 1.51. The number of hydrogen-bond acceptors (Lipinski definition) is 5. The molecule has 3 aromatic rings. The summed E-state index contributed by atoms with van der Waals surface area (Å²) in [6.07, 6.45) is 3.83. The quantitative estimate of drug-likeness (QED) is 0.624. The van der Waals surface area contributed by atoms with Gasteiger partial charge in [0.1, 0.15) is 5.82 Å². The fourth-order valence-corrected chi connectivity index (χ4v) is 4.74. The van der Waals surface area contributed by atoms with E-state index in [1.54, 1.807) is 17.8 Å². The number of nitrogens with one attached hydrogen (secondary N) is 1. The van der Waals surface area contributed by atoms with Gasteiger partial charge in [0.2, 0.25) is 5.91 Å². The van der Waals surface area contributed by atoms with Crippen LogP contribution in [0.3, 0.4) is 0 Å². The molecular formula is C20H20FN3OS2. The third-order valence-corrected chi connectivity index (χ3v) is 6.58. The molecule has 0 bridgehead atoms. The van der Waals surface area contributed by atoms with Gasteiger partial charge in [0, 0.05) is 23.7 Å². The lowest BCUT2D eigenvalue weighted by molar-refractivity contribution is -0.120. The Morgan fingerprint density at radius 2 is 2.11 bits per heavy atom. The van der Waals surface area contributed by atoms with Gasteiger partial charge >= 0.3 is 0 Å². The van der Waals surface area contributed by atoms with Gasteiger partial charge in [-0.15, -0.1) is 11.8 Å². The first-order valence-electron chi connectivity index (χ1n) is 8.88. The molecule has 1 aliphatic rings. The molecule has 1 atom stereocenters. The van der Waals surface area contributed by atoms with Crippen molar-refractivity contribution in [3.05, 3.63) is 48.3 Å². The number of rotatable bonds is 4. The van der Waals surface area contributed by atoms with Crippen LogP contribution in [0.25, 0.3) is 10.2 Å². The van der Waals surface area contributed by atoms with Gasteiger partial charge in [-0.1, -0.05) is 11.3 Å². The molecule has 27 heavy (non-hydrogen) atoms. The zero-order chi connectivity index (χ0) is 18.8. The van der Waals surface area contributed by atoms with Gasteiger partial charge in [0.15, 0.2) is 5.13 Å². The molecule has 0 saturated carbocycles. The predicted molar refractivity (Wildman–Crippen MR) is 111 cm³/mol. The predicted octanol–water partition coefficient (Wildman–Crippen LogP) is 5.01. The zero-order valence-corrected chi connectivity index (χ0v) is 16.6. The van der Waals surface area contributed by atoms with Crippen molar-refractivity contribution >= 4 is 50.0 Å². The second-order valence-corrected chi connectivity index (χ2v) is 8.50. The van der Waals surface area contributed by atoms with Crippen molar-refractivity contribution in [2.75, 3.05) is 29.6 Å². The number of fused-ring (bicyclic) bond motifs is 1. The molecule has 0 spiro atoms. The summed E-state index contributed by atoms with van der Waals surface area (Å²) in [4.78, 5) is 20.6. The van der Waals surface area contributed by atoms with Crippen molar-refractivity contribution in [3.8, 4) is 0 Å². The molecule has 2 aromatic carbocycles. The van der Waals surface area contributed by atoms with Crippen LogP contribution in [0.15, 0.2) is 47.4 Å². The number of nitrogens with zero attached hydrogens (tertiary/aromatic N) is 2. The SMILES string of the molecule is CSc1ccc(NC(=O)C2CCCN(c3nc4ccc(F)cc4s3)C2)cc1. The molecule has 1 aromatic heterocycles. The van der Waals surface area contributed by atoms with Gasteiger partial charge < -0.3 is 10.2 Å². The zero-order valence-electron chi connectivity index (χ0n) is 14.9. The second-order valence-electron chi connectivity index (χ2n) is 6.61. The van der Waals surface area contributed by atoms with Gasteiger partial charge in [-0.2, -0.15) is 0 Å². The molecule has 7 heteroatoms. The first-order chi connectivity index (χ1) is 13.1. The lowest BCUT2D eigenvalue weighted by atomic mass is 9.97. The third kappa shape index (κ3) is 4.09. The molecule has 1 N–H and O–H groups in total. The van der Waals surface area contributed by atoms with Crippen molar-refractivity contribution in [2.45, 2.75) is 17.7 Å². The smallest absolute Gasteiger partial charge is 0.229 e. The summed E-state index contributed by atoms with van der Waals surface area (Å²) in [5, 5.41) is 3.89. The van der Waals surface area contributed by atoms with Gasteiger partial charge in [-0.25, -0.2) is 9.37 Å². The number of aromatic nitrogens is 1. The molecule has 1 fully saturated rings. The summed E-state index contributed by atoms with van der Waals surface area (Å²) in [5.74, 6) is -0.285. The van der Waals surface area contributed by atoms with Crippen LogP contribution in [0.1, 0.15) is 12.8 Å². The van der Waals surface area contributed by atoms with Gasteiger partial charge in [0.05, 0.1) is 16.1 Å². The number of halogens is 1. The minimum Gasteiger partial charge on any atom is -0.347 e. The van der Waals surface area contributed by atoms with Gasteiger partial charge in [0.25, 0.3) is 0 Å². The summed E-state index contributed by atoms with van der Waals surface area (Å²) < 4.78 is 14.3. The molecule has 1 saturated heterocycles. The summed E-state index contributed by atoms with van der Waals surface area (Å²) in [5.41, 5.74) is 1.63. The summed E-state index contributed by atoms with van der Waals surface area (Å²) in [7, 11) is 0. The van der Waals surface area contributed by atoms with Crippen molar-refractivity contribution in [1.29, 1.82) is 0 Å². The third-order valence-electron chi connectivity index (χ3n) is 4.76. The van der Waals surface area contributed by atoms with Crippen LogP contribution >= 0.6 is 23.1 Å². The number of carbonyl (C=O) groups excluding carboxylic acids is 1. The molecule has 1 amide bonds. The van der Waals surface area contributed by atoms with E-state index in [2.05, 4.69) is 15.2 Å².